The fourth-order valence-corrected chi connectivity index (χ4v) is 4.02. The molecule has 5 atom stereocenters. The second-order valence-corrected chi connectivity index (χ2v) is 6.54. The summed E-state index contributed by atoms with van der Waals surface area (Å²) in [6.07, 6.45) is 6.92. The fraction of sp³-hybridized carbons (Fsp3) is 0.867. The Labute approximate surface area is 99.9 Å². The summed E-state index contributed by atoms with van der Waals surface area (Å²) in [5.74, 6) is 3.95. The topological polar surface area (TPSA) is 20.2 Å². The lowest BCUT2D eigenvalue weighted by molar-refractivity contribution is 0.0340. The number of aliphatic hydroxyl groups is 1. The molecule has 2 rings (SSSR count). The first kappa shape index (κ1) is 12.2. The van der Waals surface area contributed by atoms with E-state index in [1.54, 1.807) is 0 Å². The van der Waals surface area contributed by atoms with Gasteiger partial charge in [0.1, 0.15) is 0 Å². The van der Waals surface area contributed by atoms with E-state index < -0.39 is 0 Å². The Hall–Kier alpha value is -0.300. The molecule has 92 valence electrons. The van der Waals surface area contributed by atoms with Crippen molar-refractivity contribution < 1.29 is 5.11 Å². The van der Waals surface area contributed by atoms with Crippen LogP contribution < -0.4 is 0 Å². The third kappa shape index (κ3) is 2.07. The van der Waals surface area contributed by atoms with Crippen LogP contribution in [0.25, 0.3) is 0 Å². The van der Waals surface area contributed by atoms with E-state index in [2.05, 4.69) is 39.8 Å². The first-order valence-corrected chi connectivity index (χ1v) is 6.87. The van der Waals surface area contributed by atoms with Gasteiger partial charge in [0.2, 0.25) is 0 Å². The van der Waals surface area contributed by atoms with Crippen molar-refractivity contribution in [3.8, 4) is 0 Å². The smallest absolute Gasteiger partial charge is 0.0579 e. The van der Waals surface area contributed by atoms with Crippen LogP contribution in [0, 0.1) is 35.5 Å². The summed E-state index contributed by atoms with van der Waals surface area (Å²) in [4.78, 5) is 0. The molecule has 0 amide bonds. The van der Waals surface area contributed by atoms with Gasteiger partial charge >= 0.3 is 0 Å². The zero-order chi connectivity index (χ0) is 11.9. The zero-order valence-corrected chi connectivity index (χ0v) is 11.1. The third-order valence-corrected chi connectivity index (χ3v) is 4.51. The van der Waals surface area contributed by atoms with Gasteiger partial charge in [-0.1, -0.05) is 39.8 Å². The van der Waals surface area contributed by atoms with Crippen molar-refractivity contribution in [3.63, 3.8) is 0 Å². The van der Waals surface area contributed by atoms with Crippen molar-refractivity contribution in [3.05, 3.63) is 12.2 Å². The summed E-state index contributed by atoms with van der Waals surface area (Å²) in [7, 11) is 0. The molecule has 0 heterocycles. The van der Waals surface area contributed by atoms with Crippen LogP contribution in [0.5, 0.6) is 0 Å². The van der Waals surface area contributed by atoms with Crippen molar-refractivity contribution in [2.75, 3.05) is 0 Å². The Kier molecular flexibility index (Phi) is 3.44. The molecule has 1 nitrogen and oxygen atoms in total. The molecular weight excluding hydrogens is 196 g/mol. The van der Waals surface area contributed by atoms with Gasteiger partial charge in [0.25, 0.3) is 0 Å². The van der Waals surface area contributed by atoms with E-state index in [9.17, 15) is 5.11 Å². The number of fused-ring (bicyclic) bond motifs is 2. The molecule has 1 saturated carbocycles. The highest BCUT2D eigenvalue weighted by atomic mass is 16.3. The first-order valence-electron chi connectivity index (χ1n) is 6.87. The monoisotopic (exact) mass is 222 g/mol. The van der Waals surface area contributed by atoms with Crippen molar-refractivity contribution >= 4 is 0 Å². The number of hydrogen-bond donors (Lipinski definition) is 1. The van der Waals surface area contributed by atoms with Crippen LogP contribution in [0.1, 0.15) is 40.5 Å². The summed E-state index contributed by atoms with van der Waals surface area (Å²) in [6.45, 7) is 9.04. The lowest BCUT2D eigenvalue weighted by Gasteiger charge is -2.35. The Bertz CT molecular complexity index is 267. The van der Waals surface area contributed by atoms with E-state index in [0.29, 0.717) is 29.6 Å². The highest BCUT2D eigenvalue weighted by Gasteiger charge is 2.48. The molecule has 2 aliphatic carbocycles. The summed E-state index contributed by atoms with van der Waals surface area (Å²) in [5.41, 5.74) is 0. The van der Waals surface area contributed by atoms with Gasteiger partial charge in [0.05, 0.1) is 6.10 Å². The lowest BCUT2D eigenvalue weighted by Crippen LogP contribution is -2.34. The number of rotatable bonds is 4. The van der Waals surface area contributed by atoms with E-state index in [4.69, 9.17) is 0 Å². The molecule has 2 bridgehead atoms. The van der Waals surface area contributed by atoms with Crippen molar-refractivity contribution in [1.29, 1.82) is 0 Å². The summed E-state index contributed by atoms with van der Waals surface area (Å²) >= 11 is 0. The molecule has 0 aromatic heterocycles. The van der Waals surface area contributed by atoms with Gasteiger partial charge in [-0.2, -0.15) is 0 Å². The molecule has 2 aliphatic rings. The Morgan fingerprint density at radius 1 is 1.06 bits per heavy atom. The largest absolute Gasteiger partial charge is 0.393 e. The minimum absolute atomic E-state index is 0.0904. The van der Waals surface area contributed by atoms with E-state index in [1.165, 1.54) is 6.42 Å². The van der Waals surface area contributed by atoms with Crippen molar-refractivity contribution in [2.24, 2.45) is 35.5 Å². The Morgan fingerprint density at radius 2 is 1.62 bits per heavy atom. The maximum Gasteiger partial charge on any atom is 0.0579 e. The van der Waals surface area contributed by atoms with Crippen LogP contribution in [0.4, 0.5) is 0 Å². The molecule has 1 N–H and O–H groups in total. The molecule has 16 heavy (non-hydrogen) atoms. The molecule has 0 aromatic carbocycles. The number of hydrogen-bond acceptors (Lipinski definition) is 1. The van der Waals surface area contributed by atoms with Gasteiger partial charge in [0, 0.05) is 0 Å². The average molecular weight is 222 g/mol. The molecule has 0 aromatic rings. The van der Waals surface area contributed by atoms with Crippen molar-refractivity contribution in [1.82, 2.24) is 0 Å². The van der Waals surface area contributed by atoms with Gasteiger partial charge in [-0.15, -0.1) is 0 Å². The molecule has 0 spiro atoms. The van der Waals surface area contributed by atoms with E-state index in [1.807, 2.05) is 0 Å². The van der Waals surface area contributed by atoms with E-state index >= 15 is 0 Å². The molecular formula is C15H26O. The lowest BCUT2D eigenvalue weighted by atomic mass is 9.72. The first-order chi connectivity index (χ1) is 7.50. The Balaban J connectivity index is 2.10. The van der Waals surface area contributed by atoms with E-state index in [-0.39, 0.29) is 6.10 Å². The number of aliphatic hydroxyl groups excluding tert-OH is 1. The predicted molar refractivity (Wildman–Crippen MR) is 68.0 cm³/mol. The van der Waals surface area contributed by atoms with Crippen LogP contribution >= 0.6 is 0 Å². The molecule has 0 saturated heterocycles. The highest BCUT2D eigenvalue weighted by molar-refractivity contribution is 5.15. The molecule has 1 heteroatoms. The quantitative estimate of drug-likeness (QED) is 0.722. The normalized spacial score (nSPS) is 38.9. The molecule has 1 fully saturated rings. The second-order valence-electron chi connectivity index (χ2n) is 6.54. The third-order valence-electron chi connectivity index (χ3n) is 4.51. The summed E-state index contributed by atoms with van der Waals surface area (Å²) in [6, 6.07) is 0. The van der Waals surface area contributed by atoms with Crippen LogP contribution in [0.15, 0.2) is 12.2 Å². The zero-order valence-electron chi connectivity index (χ0n) is 11.1. The van der Waals surface area contributed by atoms with E-state index in [0.717, 1.165) is 12.3 Å². The van der Waals surface area contributed by atoms with Gasteiger partial charge in [-0.05, 0) is 48.3 Å². The van der Waals surface area contributed by atoms with Gasteiger partial charge in [0.15, 0.2) is 0 Å². The van der Waals surface area contributed by atoms with Crippen LogP contribution in [-0.2, 0) is 0 Å². The number of allylic oxidation sites excluding steroid dienone is 2. The summed E-state index contributed by atoms with van der Waals surface area (Å²) < 4.78 is 0. The molecule has 3 unspecified atom stereocenters. The highest BCUT2D eigenvalue weighted by Crippen LogP contribution is 2.52. The SMILES string of the molecule is CC(C)CC(O)C1C(C(C)C)[C@H]2C=C[C@@H]1C2. The van der Waals surface area contributed by atoms with Gasteiger partial charge in [-0.3, -0.25) is 0 Å². The van der Waals surface area contributed by atoms with Crippen molar-refractivity contribution in [2.45, 2.75) is 46.6 Å². The predicted octanol–water partition coefficient (Wildman–Crippen LogP) is 3.49. The standard InChI is InChI=1S/C15H26O/c1-9(2)7-13(16)15-12-6-5-11(8-12)14(15)10(3)4/h5-6,9-16H,7-8H2,1-4H3/t11-,12+,13?,14?,15?/m0/s1. The van der Waals surface area contributed by atoms with Gasteiger partial charge in [-0.25, -0.2) is 0 Å². The minimum atomic E-state index is -0.0904. The second kappa shape index (κ2) is 4.52. The summed E-state index contributed by atoms with van der Waals surface area (Å²) in [5, 5.41) is 10.4. The van der Waals surface area contributed by atoms with Crippen LogP contribution in [-0.4, -0.2) is 11.2 Å². The molecule has 0 aliphatic heterocycles. The maximum atomic E-state index is 10.4. The maximum absolute atomic E-state index is 10.4. The Morgan fingerprint density at radius 3 is 2.12 bits per heavy atom. The van der Waals surface area contributed by atoms with Gasteiger partial charge < -0.3 is 5.11 Å². The molecule has 0 radical (unpaired) electrons. The fourth-order valence-electron chi connectivity index (χ4n) is 4.02. The average Bonchev–Trinajstić information content (AvgIpc) is 2.74. The van der Waals surface area contributed by atoms with Crippen LogP contribution in [0.2, 0.25) is 0 Å². The van der Waals surface area contributed by atoms with Crippen LogP contribution in [0.3, 0.4) is 0 Å². The minimum Gasteiger partial charge on any atom is -0.393 e.